The molecular formula is C37H59O6-. The van der Waals surface area contributed by atoms with Crippen molar-refractivity contribution in [2.45, 2.75) is 145 Å². The van der Waals surface area contributed by atoms with E-state index in [-0.39, 0.29) is 52.0 Å². The van der Waals surface area contributed by atoms with E-state index in [0.29, 0.717) is 42.1 Å². The fourth-order valence-corrected chi connectivity index (χ4v) is 13.0. The number of carboxylic acids is 1. The summed E-state index contributed by atoms with van der Waals surface area (Å²) >= 11 is 0. The highest BCUT2D eigenvalue weighted by atomic mass is 16.5. The van der Waals surface area contributed by atoms with Crippen molar-refractivity contribution in [3.05, 3.63) is 0 Å². The summed E-state index contributed by atoms with van der Waals surface area (Å²) in [5.74, 6) is 2.12. The molecule has 0 radical (unpaired) electrons. The number of aliphatic carboxylic acids is 1. The molecule has 0 aliphatic heterocycles. The van der Waals surface area contributed by atoms with Gasteiger partial charge in [0.1, 0.15) is 6.10 Å². The topological polar surface area (TPSA) is 92.7 Å². The van der Waals surface area contributed by atoms with Gasteiger partial charge in [-0.25, -0.2) is 0 Å². The molecule has 0 spiro atoms. The number of esters is 2. The van der Waals surface area contributed by atoms with Crippen LogP contribution >= 0.6 is 0 Å². The maximum absolute atomic E-state index is 12.3. The molecule has 6 heteroatoms. The fraction of sp³-hybridized carbons (Fsp3) is 0.919. The summed E-state index contributed by atoms with van der Waals surface area (Å²) in [5, 5.41) is 10.8. The first kappa shape index (κ1) is 32.8. The first-order valence-corrected chi connectivity index (χ1v) is 17.5. The maximum Gasteiger partial charge on any atom is 0.306 e. The van der Waals surface area contributed by atoms with Gasteiger partial charge >= 0.3 is 11.9 Å². The largest absolute Gasteiger partial charge is 0.550 e. The normalized spacial score (nSPS) is 44.9. The third kappa shape index (κ3) is 5.17. The van der Waals surface area contributed by atoms with Gasteiger partial charge in [-0.2, -0.15) is 0 Å². The molecule has 10 atom stereocenters. The van der Waals surface area contributed by atoms with Crippen LogP contribution in [0.2, 0.25) is 0 Å². The first-order chi connectivity index (χ1) is 20.0. The van der Waals surface area contributed by atoms with Gasteiger partial charge in [-0.3, -0.25) is 9.59 Å². The van der Waals surface area contributed by atoms with Gasteiger partial charge in [0, 0.05) is 18.3 Å². The van der Waals surface area contributed by atoms with E-state index < -0.39 is 11.9 Å². The van der Waals surface area contributed by atoms with Gasteiger partial charge in [-0.05, 0) is 134 Å². The average molecular weight is 600 g/mol. The minimum absolute atomic E-state index is 0.00911. The van der Waals surface area contributed by atoms with Crippen molar-refractivity contribution in [2.75, 3.05) is 6.61 Å². The highest BCUT2D eigenvalue weighted by molar-refractivity contribution is 5.75. The van der Waals surface area contributed by atoms with Gasteiger partial charge in [0.15, 0.2) is 0 Å². The molecule has 5 fully saturated rings. The van der Waals surface area contributed by atoms with E-state index in [0.717, 1.165) is 19.3 Å². The summed E-state index contributed by atoms with van der Waals surface area (Å²) in [5.41, 5.74) is 0.993. The van der Waals surface area contributed by atoms with E-state index in [4.69, 9.17) is 9.47 Å². The Hall–Kier alpha value is -1.59. The molecule has 0 bridgehead atoms. The van der Waals surface area contributed by atoms with Crippen LogP contribution < -0.4 is 5.11 Å². The maximum atomic E-state index is 12.3. The molecular weight excluding hydrogens is 540 g/mol. The van der Waals surface area contributed by atoms with Gasteiger partial charge in [0.2, 0.25) is 0 Å². The Kier molecular flexibility index (Phi) is 8.64. The predicted octanol–water partition coefficient (Wildman–Crippen LogP) is 7.12. The molecule has 0 saturated heterocycles. The van der Waals surface area contributed by atoms with Crippen molar-refractivity contribution < 1.29 is 29.0 Å². The lowest BCUT2D eigenvalue weighted by molar-refractivity contribution is -0.305. The van der Waals surface area contributed by atoms with Crippen molar-refractivity contribution in [3.63, 3.8) is 0 Å². The standard InChI is InChI=1S/C37H60O6/c1-23(2)25-13-18-37(21-22-42-31(41)12-11-30(39)40)20-19-35(7)26(32(25)37)9-10-28-34(6)16-15-29(43-24(3)38)33(4,5)27(34)14-17-36(28,35)8/h23,25-29,32H,9-22H2,1-8H3,(H,39,40)/p-1/t25-,26+,27-,28+,29-,32+,34-,35+,36+,37+/m0/s1. The zero-order chi connectivity index (χ0) is 31.6. The summed E-state index contributed by atoms with van der Waals surface area (Å²) in [7, 11) is 0. The molecule has 244 valence electrons. The number of carbonyl (C=O) groups excluding carboxylic acids is 3. The highest BCUT2D eigenvalue weighted by Gasteiger charge is 2.71. The summed E-state index contributed by atoms with van der Waals surface area (Å²) in [6.07, 6.45) is 12.6. The second-order valence-corrected chi connectivity index (χ2v) is 17.3. The molecule has 0 amide bonds. The van der Waals surface area contributed by atoms with Gasteiger partial charge in [0.05, 0.1) is 13.0 Å². The number of hydrogen-bond donors (Lipinski definition) is 0. The third-order valence-corrected chi connectivity index (χ3v) is 15.2. The monoisotopic (exact) mass is 599 g/mol. The molecule has 5 aliphatic rings. The molecule has 0 heterocycles. The quantitative estimate of drug-likeness (QED) is 0.276. The van der Waals surface area contributed by atoms with Gasteiger partial charge < -0.3 is 19.4 Å². The van der Waals surface area contributed by atoms with E-state index in [1.54, 1.807) is 6.92 Å². The van der Waals surface area contributed by atoms with Crippen molar-refractivity contribution in [2.24, 2.45) is 62.6 Å². The molecule has 43 heavy (non-hydrogen) atoms. The van der Waals surface area contributed by atoms with Crippen LogP contribution in [0.15, 0.2) is 0 Å². The fourth-order valence-electron chi connectivity index (χ4n) is 13.0. The lowest BCUT2D eigenvalue weighted by Crippen LogP contribution is -2.66. The lowest BCUT2D eigenvalue weighted by atomic mass is 9.32. The molecule has 5 aliphatic carbocycles. The molecule has 6 nitrogen and oxygen atoms in total. The van der Waals surface area contributed by atoms with Crippen molar-refractivity contribution in [1.82, 2.24) is 0 Å². The number of hydrogen-bond acceptors (Lipinski definition) is 6. The summed E-state index contributed by atoms with van der Waals surface area (Å²) < 4.78 is 11.6. The molecule has 5 rings (SSSR count). The van der Waals surface area contributed by atoms with E-state index in [2.05, 4.69) is 48.5 Å². The van der Waals surface area contributed by atoms with Crippen LogP contribution in [-0.4, -0.2) is 30.6 Å². The highest BCUT2D eigenvalue weighted by Crippen LogP contribution is 2.78. The number of carboxylic acid groups (broad SMARTS) is 1. The van der Waals surface area contributed by atoms with Crippen LogP contribution in [0.4, 0.5) is 0 Å². The minimum atomic E-state index is -1.20. The van der Waals surface area contributed by atoms with Gasteiger partial charge in [-0.1, -0.05) is 48.5 Å². The summed E-state index contributed by atoms with van der Waals surface area (Å²) in [4.78, 5) is 35.1. The number of ether oxygens (including phenoxy) is 2. The molecule has 0 unspecified atom stereocenters. The molecule has 5 saturated carbocycles. The van der Waals surface area contributed by atoms with E-state index in [1.165, 1.54) is 51.4 Å². The number of fused-ring (bicyclic) bond motifs is 7. The zero-order valence-corrected chi connectivity index (χ0v) is 28.4. The van der Waals surface area contributed by atoms with E-state index in [1.807, 2.05) is 0 Å². The van der Waals surface area contributed by atoms with Crippen molar-refractivity contribution >= 4 is 17.9 Å². The Labute approximate surface area is 260 Å². The van der Waals surface area contributed by atoms with Gasteiger partial charge in [0.25, 0.3) is 0 Å². The van der Waals surface area contributed by atoms with Crippen LogP contribution in [-0.2, 0) is 23.9 Å². The van der Waals surface area contributed by atoms with E-state index in [9.17, 15) is 19.5 Å². The Bertz CT molecular complexity index is 1100. The number of carbonyl (C=O) groups is 3. The van der Waals surface area contributed by atoms with Crippen molar-refractivity contribution in [1.29, 1.82) is 0 Å². The second-order valence-electron chi connectivity index (χ2n) is 17.3. The molecule has 0 aromatic carbocycles. The van der Waals surface area contributed by atoms with Gasteiger partial charge in [-0.15, -0.1) is 0 Å². The molecule has 0 aromatic heterocycles. The predicted molar refractivity (Wildman–Crippen MR) is 164 cm³/mol. The zero-order valence-electron chi connectivity index (χ0n) is 28.4. The van der Waals surface area contributed by atoms with Crippen LogP contribution in [0.5, 0.6) is 0 Å². The lowest BCUT2D eigenvalue weighted by Gasteiger charge is -2.73. The Morgan fingerprint density at radius 1 is 0.814 bits per heavy atom. The Morgan fingerprint density at radius 2 is 1.53 bits per heavy atom. The smallest absolute Gasteiger partial charge is 0.306 e. The third-order valence-electron chi connectivity index (χ3n) is 15.2. The Balaban J connectivity index is 1.40. The molecule has 0 N–H and O–H groups in total. The SMILES string of the molecule is CC(=O)O[C@H]1CC[C@]2(C)[C@H]3CC[C@@H]4[C@H]5[C@H](C(C)C)CC[C@]5(CCOC(=O)CCC(=O)[O-])CC[C@@]4(C)[C@]3(C)CC[C@H]2C1(C)C. The van der Waals surface area contributed by atoms with Crippen LogP contribution in [0.25, 0.3) is 0 Å². The first-order valence-electron chi connectivity index (χ1n) is 17.5. The summed E-state index contributed by atoms with van der Waals surface area (Å²) in [6, 6.07) is 0. The van der Waals surface area contributed by atoms with E-state index >= 15 is 0 Å². The van der Waals surface area contributed by atoms with Crippen molar-refractivity contribution in [3.8, 4) is 0 Å². The van der Waals surface area contributed by atoms with Crippen LogP contribution in [0.1, 0.15) is 139 Å². The average Bonchev–Trinajstić information content (AvgIpc) is 3.29. The summed E-state index contributed by atoms with van der Waals surface area (Å²) in [6.45, 7) is 19.5. The van der Waals surface area contributed by atoms with Crippen LogP contribution in [0.3, 0.4) is 0 Å². The molecule has 0 aromatic rings. The second kappa shape index (κ2) is 11.3. The van der Waals surface area contributed by atoms with Crippen LogP contribution in [0, 0.1) is 62.6 Å². The number of rotatable bonds is 8. The minimum Gasteiger partial charge on any atom is -0.550 e. The Morgan fingerprint density at radius 3 is 2.19 bits per heavy atom.